The van der Waals surface area contributed by atoms with E-state index in [0.29, 0.717) is 5.54 Å². The van der Waals surface area contributed by atoms with E-state index in [-0.39, 0.29) is 0 Å². The first-order valence-corrected chi connectivity index (χ1v) is 9.37. The van der Waals surface area contributed by atoms with Crippen LogP contribution in [0.25, 0.3) is 0 Å². The Morgan fingerprint density at radius 1 is 0.636 bits per heavy atom. The minimum atomic E-state index is -0.842. The molecule has 1 atom stereocenters. The van der Waals surface area contributed by atoms with Crippen LogP contribution in [0.2, 0.25) is 0 Å². The minimum absolute atomic E-state index is 0.537. The van der Waals surface area contributed by atoms with Crippen LogP contribution < -0.4 is 10.4 Å². The highest BCUT2D eigenvalue weighted by atomic mass is 28.3. The fourth-order valence-corrected chi connectivity index (χ4v) is 5.89. The second-order valence-corrected chi connectivity index (χ2v) is 8.63. The zero-order valence-corrected chi connectivity index (χ0v) is 14.2. The summed E-state index contributed by atoms with van der Waals surface area (Å²) in [5.74, 6) is 0. The Labute approximate surface area is 135 Å². The number of benzene rings is 3. The van der Waals surface area contributed by atoms with E-state index < -0.39 is 8.80 Å². The summed E-state index contributed by atoms with van der Waals surface area (Å²) in [6.07, 6.45) is 0. The van der Waals surface area contributed by atoms with Gasteiger partial charge in [0.1, 0.15) is 8.80 Å². The van der Waals surface area contributed by atoms with Gasteiger partial charge in [-0.25, -0.2) is 0 Å². The first-order valence-electron chi connectivity index (χ1n) is 7.80. The molecule has 3 rings (SSSR count). The molecule has 0 bridgehead atoms. The molecule has 0 aliphatic carbocycles. The number of hydrogen-bond donors (Lipinski definition) is 0. The molecule has 1 heteroatoms. The standard InChI is InChI=1S/C21H21Si/c1-17-13-15-19(16-14-17)18(2)22(20-9-5-3-6-10-20)21-11-7-4-8-12-21/h3-16,18H,1-2H3/t18-/m0/s1. The topological polar surface area (TPSA) is 0 Å². The van der Waals surface area contributed by atoms with E-state index in [9.17, 15) is 0 Å². The van der Waals surface area contributed by atoms with Gasteiger partial charge in [-0.05, 0) is 18.0 Å². The van der Waals surface area contributed by atoms with Crippen molar-refractivity contribution in [3.8, 4) is 0 Å². The van der Waals surface area contributed by atoms with Crippen LogP contribution in [0.3, 0.4) is 0 Å². The van der Waals surface area contributed by atoms with Crippen LogP contribution in [-0.2, 0) is 0 Å². The maximum atomic E-state index is 2.37. The molecule has 0 saturated heterocycles. The Morgan fingerprint density at radius 3 is 1.55 bits per heavy atom. The van der Waals surface area contributed by atoms with Gasteiger partial charge in [0.2, 0.25) is 0 Å². The Morgan fingerprint density at radius 2 is 1.09 bits per heavy atom. The smallest absolute Gasteiger partial charge is 0.0628 e. The average Bonchev–Trinajstić information content (AvgIpc) is 2.57. The van der Waals surface area contributed by atoms with Crippen molar-refractivity contribution in [3.63, 3.8) is 0 Å². The zero-order valence-electron chi connectivity index (χ0n) is 13.2. The van der Waals surface area contributed by atoms with Crippen LogP contribution in [-0.4, -0.2) is 8.80 Å². The van der Waals surface area contributed by atoms with Crippen molar-refractivity contribution in [3.05, 3.63) is 96.1 Å². The molecule has 3 aromatic rings. The summed E-state index contributed by atoms with van der Waals surface area (Å²) in [6.45, 7) is 4.52. The summed E-state index contributed by atoms with van der Waals surface area (Å²) in [7, 11) is -0.842. The van der Waals surface area contributed by atoms with E-state index in [1.54, 1.807) is 0 Å². The predicted molar refractivity (Wildman–Crippen MR) is 97.5 cm³/mol. The van der Waals surface area contributed by atoms with Gasteiger partial charge in [0, 0.05) is 0 Å². The molecule has 0 unspecified atom stereocenters. The summed E-state index contributed by atoms with van der Waals surface area (Å²) in [5, 5.41) is 2.96. The summed E-state index contributed by atoms with van der Waals surface area (Å²) in [4.78, 5) is 0. The molecule has 109 valence electrons. The molecule has 0 aliphatic heterocycles. The van der Waals surface area contributed by atoms with Crippen molar-refractivity contribution < 1.29 is 0 Å². The highest BCUT2D eigenvalue weighted by Gasteiger charge is 2.24. The third-order valence-electron chi connectivity index (χ3n) is 4.18. The molecule has 0 nitrogen and oxygen atoms in total. The van der Waals surface area contributed by atoms with E-state index in [1.165, 1.54) is 21.5 Å². The molecule has 3 aromatic carbocycles. The van der Waals surface area contributed by atoms with Gasteiger partial charge in [0.25, 0.3) is 0 Å². The molecule has 1 radical (unpaired) electrons. The Hall–Kier alpha value is -2.12. The monoisotopic (exact) mass is 301 g/mol. The van der Waals surface area contributed by atoms with Crippen molar-refractivity contribution in [2.24, 2.45) is 0 Å². The molecule has 0 saturated carbocycles. The molecule has 0 N–H and O–H groups in total. The lowest BCUT2D eigenvalue weighted by molar-refractivity contribution is 1.06. The Balaban J connectivity index is 2.04. The highest BCUT2D eigenvalue weighted by molar-refractivity contribution is 6.86. The maximum absolute atomic E-state index is 2.37. The van der Waals surface area contributed by atoms with Crippen molar-refractivity contribution in [2.45, 2.75) is 19.4 Å². The van der Waals surface area contributed by atoms with Crippen LogP contribution in [0.1, 0.15) is 23.6 Å². The van der Waals surface area contributed by atoms with Crippen LogP contribution in [0.4, 0.5) is 0 Å². The van der Waals surface area contributed by atoms with Gasteiger partial charge in [-0.15, -0.1) is 0 Å². The fraction of sp³-hybridized carbons (Fsp3) is 0.143. The zero-order chi connectivity index (χ0) is 15.4. The summed E-state index contributed by atoms with van der Waals surface area (Å²) in [6, 6.07) is 31.0. The van der Waals surface area contributed by atoms with Crippen molar-refractivity contribution in [1.82, 2.24) is 0 Å². The van der Waals surface area contributed by atoms with Crippen molar-refractivity contribution in [2.75, 3.05) is 0 Å². The van der Waals surface area contributed by atoms with Gasteiger partial charge < -0.3 is 0 Å². The molecule has 0 amide bonds. The van der Waals surface area contributed by atoms with Gasteiger partial charge in [-0.3, -0.25) is 0 Å². The van der Waals surface area contributed by atoms with Gasteiger partial charge in [-0.1, -0.05) is 108 Å². The van der Waals surface area contributed by atoms with E-state index in [0.717, 1.165) is 0 Å². The Kier molecular flexibility index (Phi) is 4.55. The molecule has 0 aromatic heterocycles. The molecular weight excluding hydrogens is 280 g/mol. The predicted octanol–water partition coefficient (Wildman–Crippen LogP) is 3.95. The first-order chi connectivity index (χ1) is 10.8. The van der Waals surface area contributed by atoms with Crippen LogP contribution in [0.5, 0.6) is 0 Å². The largest absolute Gasteiger partial charge is 0.128 e. The second-order valence-electron chi connectivity index (χ2n) is 5.78. The Bertz CT molecular complexity index is 662. The van der Waals surface area contributed by atoms with Gasteiger partial charge in [0.15, 0.2) is 0 Å². The summed E-state index contributed by atoms with van der Waals surface area (Å²) in [5.41, 5.74) is 3.30. The lowest BCUT2D eigenvalue weighted by Gasteiger charge is -2.23. The maximum Gasteiger partial charge on any atom is 0.128 e. The molecule has 0 spiro atoms. The number of rotatable bonds is 4. The molecule has 0 aliphatic rings. The molecular formula is C21H21Si. The molecule has 0 heterocycles. The minimum Gasteiger partial charge on any atom is -0.0628 e. The van der Waals surface area contributed by atoms with Crippen LogP contribution in [0, 0.1) is 6.92 Å². The number of aryl methyl sites for hydroxylation is 1. The van der Waals surface area contributed by atoms with Gasteiger partial charge in [0.05, 0.1) is 0 Å². The lowest BCUT2D eigenvalue weighted by Crippen LogP contribution is -2.46. The van der Waals surface area contributed by atoms with E-state index >= 15 is 0 Å². The fourth-order valence-electron chi connectivity index (χ4n) is 2.92. The van der Waals surface area contributed by atoms with E-state index in [1.807, 2.05) is 0 Å². The molecule has 0 fully saturated rings. The van der Waals surface area contributed by atoms with Crippen molar-refractivity contribution >= 4 is 19.2 Å². The molecule has 22 heavy (non-hydrogen) atoms. The second kappa shape index (κ2) is 6.76. The first kappa shape index (κ1) is 14.8. The SMILES string of the molecule is Cc1ccc([C@H](C)[Si](c2ccccc2)c2ccccc2)cc1. The third kappa shape index (κ3) is 3.20. The van der Waals surface area contributed by atoms with Gasteiger partial charge >= 0.3 is 0 Å². The highest BCUT2D eigenvalue weighted by Crippen LogP contribution is 2.19. The van der Waals surface area contributed by atoms with Crippen LogP contribution in [0.15, 0.2) is 84.9 Å². The summed E-state index contributed by atoms with van der Waals surface area (Å²) >= 11 is 0. The number of hydrogen-bond acceptors (Lipinski definition) is 0. The quantitative estimate of drug-likeness (QED) is 0.640. The average molecular weight is 301 g/mol. The normalized spacial score (nSPS) is 12.3. The van der Waals surface area contributed by atoms with E-state index in [4.69, 9.17) is 0 Å². The third-order valence-corrected chi connectivity index (χ3v) is 7.29. The van der Waals surface area contributed by atoms with Gasteiger partial charge in [-0.2, -0.15) is 0 Å². The van der Waals surface area contributed by atoms with Crippen LogP contribution >= 0.6 is 0 Å². The van der Waals surface area contributed by atoms with E-state index in [2.05, 4.69) is 98.8 Å². The van der Waals surface area contributed by atoms with Crippen molar-refractivity contribution in [1.29, 1.82) is 0 Å². The lowest BCUT2D eigenvalue weighted by atomic mass is 10.1. The summed E-state index contributed by atoms with van der Waals surface area (Å²) < 4.78 is 0.